The number of hydrogen-bond acceptors (Lipinski definition) is 3. The normalized spacial score (nSPS) is 10.3. The molecule has 0 radical (unpaired) electrons. The average Bonchev–Trinajstić information content (AvgIpc) is 2.98. The van der Waals surface area contributed by atoms with Crippen LogP contribution in [-0.4, -0.2) is 22.3 Å². The van der Waals surface area contributed by atoms with Crippen molar-refractivity contribution in [2.24, 2.45) is 5.73 Å². The number of thiocarbonyl (C=S) groups is 1. The van der Waals surface area contributed by atoms with Gasteiger partial charge in [0.15, 0.2) is 0 Å². The Hall–Kier alpha value is -1.72. The van der Waals surface area contributed by atoms with Crippen molar-refractivity contribution in [2.45, 2.75) is 19.9 Å². The van der Waals surface area contributed by atoms with Gasteiger partial charge >= 0.3 is 0 Å². The highest BCUT2D eigenvalue weighted by Crippen LogP contribution is 2.13. The number of rotatable bonds is 6. The molecule has 0 saturated heterocycles. The van der Waals surface area contributed by atoms with Gasteiger partial charge < -0.3 is 10.6 Å². The maximum absolute atomic E-state index is 12.4. The van der Waals surface area contributed by atoms with Crippen LogP contribution in [0.25, 0.3) is 0 Å². The van der Waals surface area contributed by atoms with Crippen LogP contribution in [0.2, 0.25) is 0 Å². The molecule has 21 heavy (non-hydrogen) atoms. The second kappa shape index (κ2) is 7.33. The van der Waals surface area contributed by atoms with E-state index in [4.69, 9.17) is 18.0 Å². The summed E-state index contributed by atoms with van der Waals surface area (Å²) in [5.41, 5.74) is 7.37. The summed E-state index contributed by atoms with van der Waals surface area (Å²) in [6, 6.07) is 11.6. The monoisotopic (exact) mass is 318 g/mol. The summed E-state index contributed by atoms with van der Waals surface area (Å²) >= 11 is 6.60. The van der Waals surface area contributed by atoms with Gasteiger partial charge in [-0.1, -0.05) is 42.5 Å². The van der Waals surface area contributed by atoms with Gasteiger partial charge in [0, 0.05) is 17.0 Å². The highest BCUT2D eigenvalue weighted by Gasteiger charge is 2.13. The lowest BCUT2D eigenvalue weighted by molar-refractivity contribution is -0.130. The molecule has 110 valence electrons. The number of benzene rings is 1. The van der Waals surface area contributed by atoms with Gasteiger partial charge in [0.1, 0.15) is 4.99 Å². The fourth-order valence-electron chi connectivity index (χ4n) is 2.04. The summed E-state index contributed by atoms with van der Waals surface area (Å²) in [5.74, 6) is 0.133. The van der Waals surface area contributed by atoms with Crippen LogP contribution in [0.1, 0.15) is 22.9 Å². The third-order valence-electron chi connectivity index (χ3n) is 3.26. The number of hydrogen-bond donors (Lipinski definition) is 1. The van der Waals surface area contributed by atoms with Crippen LogP contribution in [-0.2, 0) is 17.8 Å². The van der Waals surface area contributed by atoms with Crippen molar-refractivity contribution in [3.63, 3.8) is 0 Å². The fourth-order valence-corrected chi connectivity index (χ4v) is 2.90. The maximum atomic E-state index is 12.4. The second-order valence-corrected chi connectivity index (χ2v) is 6.20. The molecule has 0 aliphatic heterocycles. The number of carbonyl (C=O) groups excluding carboxylic acids is 1. The highest BCUT2D eigenvalue weighted by atomic mass is 32.1. The summed E-state index contributed by atoms with van der Waals surface area (Å²) in [6.45, 7) is 3.39. The molecule has 1 aromatic heterocycles. The Bertz CT molecular complexity index is 606. The molecule has 0 aliphatic carbocycles. The molecular formula is C16H18N2OS2. The molecule has 2 N–H and O–H groups in total. The Kier molecular flexibility index (Phi) is 5.47. The van der Waals surface area contributed by atoms with Gasteiger partial charge in [-0.3, -0.25) is 4.79 Å². The first-order valence-electron chi connectivity index (χ1n) is 6.79. The van der Waals surface area contributed by atoms with Gasteiger partial charge in [0.05, 0.1) is 13.0 Å². The van der Waals surface area contributed by atoms with Crippen molar-refractivity contribution < 1.29 is 4.79 Å². The van der Waals surface area contributed by atoms with E-state index in [2.05, 4.69) is 6.07 Å². The lowest BCUT2D eigenvalue weighted by Gasteiger charge is -2.20. The number of nitrogens with zero attached hydrogens (tertiary/aromatic N) is 1. The van der Waals surface area contributed by atoms with E-state index in [-0.39, 0.29) is 5.91 Å². The van der Waals surface area contributed by atoms with Crippen LogP contribution in [0.5, 0.6) is 0 Å². The first-order valence-corrected chi connectivity index (χ1v) is 8.08. The molecule has 0 atom stereocenters. The molecule has 3 nitrogen and oxygen atoms in total. The Morgan fingerprint density at radius 1 is 1.29 bits per heavy atom. The van der Waals surface area contributed by atoms with Gasteiger partial charge in [-0.15, -0.1) is 11.3 Å². The van der Waals surface area contributed by atoms with Crippen molar-refractivity contribution >= 4 is 34.5 Å². The molecule has 0 fully saturated rings. The zero-order valence-electron chi connectivity index (χ0n) is 11.9. The van der Waals surface area contributed by atoms with Crippen LogP contribution < -0.4 is 5.73 Å². The topological polar surface area (TPSA) is 46.3 Å². The predicted octanol–water partition coefficient (Wildman–Crippen LogP) is 2.97. The van der Waals surface area contributed by atoms with Crippen LogP contribution in [0.3, 0.4) is 0 Å². The van der Waals surface area contributed by atoms with Crippen LogP contribution in [0, 0.1) is 0 Å². The molecular weight excluding hydrogens is 300 g/mol. The second-order valence-electron chi connectivity index (χ2n) is 4.73. The van der Waals surface area contributed by atoms with Gasteiger partial charge in [-0.2, -0.15) is 0 Å². The molecule has 0 spiro atoms. The highest BCUT2D eigenvalue weighted by molar-refractivity contribution is 7.80. The Balaban J connectivity index is 2.00. The van der Waals surface area contributed by atoms with Crippen LogP contribution in [0.15, 0.2) is 41.8 Å². The van der Waals surface area contributed by atoms with Crippen molar-refractivity contribution in [2.75, 3.05) is 6.54 Å². The van der Waals surface area contributed by atoms with Gasteiger partial charge in [0.25, 0.3) is 0 Å². The number of likely N-dealkylation sites (N-methyl/N-ethyl adjacent to an activating group) is 1. The van der Waals surface area contributed by atoms with E-state index < -0.39 is 0 Å². The molecule has 1 aromatic carbocycles. The van der Waals surface area contributed by atoms with E-state index in [9.17, 15) is 4.79 Å². The first-order chi connectivity index (χ1) is 10.1. The summed E-state index contributed by atoms with van der Waals surface area (Å²) in [7, 11) is 0. The molecule has 1 heterocycles. The van der Waals surface area contributed by atoms with E-state index in [1.165, 1.54) is 4.88 Å². The molecule has 5 heteroatoms. The number of amides is 1. The minimum atomic E-state index is 0.133. The molecule has 0 saturated carbocycles. The van der Waals surface area contributed by atoms with Gasteiger partial charge in [-0.25, -0.2) is 0 Å². The van der Waals surface area contributed by atoms with E-state index in [1.54, 1.807) is 11.3 Å². The predicted molar refractivity (Wildman–Crippen MR) is 91.4 cm³/mol. The summed E-state index contributed by atoms with van der Waals surface area (Å²) < 4.78 is 0. The summed E-state index contributed by atoms with van der Waals surface area (Å²) in [5, 5.41) is 2.03. The van der Waals surface area contributed by atoms with E-state index in [1.807, 2.05) is 47.5 Å². The number of nitrogens with two attached hydrogens (primary N) is 1. The minimum absolute atomic E-state index is 0.133. The van der Waals surface area contributed by atoms with Crippen molar-refractivity contribution in [1.82, 2.24) is 4.90 Å². The molecule has 0 unspecified atom stereocenters. The molecule has 2 aromatic rings. The Morgan fingerprint density at radius 2 is 2.00 bits per heavy atom. The molecule has 0 bridgehead atoms. The minimum Gasteiger partial charge on any atom is -0.389 e. The average molecular weight is 318 g/mol. The zero-order chi connectivity index (χ0) is 15.2. The fraction of sp³-hybridized carbons (Fsp3) is 0.250. The van der Waals surface area contributed by atoms with Crippen molar-refractivity contribution in [3.05, 3.63) is 57.8 Å². The van der Waals surface area contributed by atoms with Crippen LogP contribution in [0.4, 0.5) is 0 Å². The quantitative estimate of drug-likeness (QED) is 0.833. The van der Waals surface area contributed by atoms with E-state index in [0.717, 1.165) is 11.1 Å². The SMILES string of the molecule is CCN(Cc1cccs1)C(=O)Cc1ccc(C(N)=S)cc1. The lowest BCUT2D eigenvalue weighted by atomic mass is 10.1. The van der Waals surface area contributed by atoms with E-state index >= 15 is 0 Å². The van der Waals surface area contributed by atoms with E-state index in [0.29, 0.717) is 24.5 Å². The van der Waals surface area contributed by atoms with Gasteiger partial charge in [-0.05, 0) is 23.9 Å². The summed E-state index contributed by atoms with van der Waals surface area (Å²) in [6.07, 6.45) is 0.400. The molecule has 2 rings (SSSR count). The molecule has 1 amide bonds. The smallest absolute Gasteiger partial charge is 0.227 e. The largest absolute Gasteiger partial charge is 0.389 e. The lowest BCUT2D eigenvalue weighted by Crippen LogP contribution is -2.31. The van der Waals surface area contributed by atoms with Crippen molar-refractivity contribution in [3.8, 4) is 0 Å². The maximum Gasteiger partial charge on any atom is 0.227 e. The van der Waals surface area contributed by atoms with Crippen molar-refractivity contribution in [1.29, 1.82) is 0 Å². The number of thiophene rings is 1. The summed E-state index contributed by atoms with van der Waals surface area (Å²) in [4.78, 5) is 15.8. The van der Waals surface area contributed by atoms with Gasteiger partial charge in [0.2, 0.25) is 5.91 Å². The Morgan fingerprint density at radius 3 is 2.52 bits per heavy atom. The molecule has 0 aliphatic rings. The third kappa shape index (κ3) is 4.37. The number of carbonyl (C=O) groups is 1. The zero-order valence-corrected chi connectivity index (χ0v) is 13.5. The van der Waals surface area contributed by atoms with Crippen LogP contribution >= 0.6 is 23.6 Å². The third-order valence-corrected chi connectivity index (χ3v) is 4.35. The first kappa shape index (κ1) is 15.7. The standard InChI is InChI=1S/C16H18N2OS2/c1-2-18(11-14-4-3-9-21-14)15(19)10-12-5-7-13(8-6-12)16(17)20/h3-9H,2,10-11H2,1H3,(H2,17,20). The Labute approximate surface area is 134 Å².